The fourth-order valence-corrected chi connectivity index (χ4v) is 3.16. The van der Waals surface area contributed by atoms with Gasteiger partial charge in [0, 0.05) is 16.1 Å². The second-order valence-corrected chi connectivity index (χ2v) is 7.02. The summed E-state index contributed by atoms with van der Waals surface area (Å²) >= 11 is 5.93. The summed E-state index contributed by atoms with van der Waals surface area (Å²) in [7, 11) is 0. The van der Waals surface area contributed by atoms with Gasteiger partial charge in [-0.3, -0.25) is 4.79 Å². The van der Waals surface area contributed by atoms with Crippen LogP contribution >= 0.6 is 11.6 Å². The van der Waals surface area contributed by atoms with Crippen molar-refractivity contribution < 1.29 is 18.0 Å². The molecule has 3 aromatic carbocycles. The molecule has 156 valence electrons. The average molecular weight is 443 g/mol. The van der Waals surface area contributed by atoms with Crippen molar-refractivity contribution >= 4 is 23.2 Å². The van der Waals surface area contributed by atoms with Crippen LogP contribution in [0.15, 0.2) is 79.0 Å². The quantitative estimate of drug-likeness (QED) is 0.430. The summed E-state index contributed by atoms with van der Waals surface area (Å²) in [4.78, 5) is 12.5. The van der Waals surface area contributed by atoms with Crippen molar-refractivity contribution in [2.24, 2.45) is 0 Å². The molecule has 0 atom stereocenters. The van der Waals surface area contributed by atoms with Crippen LogP contribution in [0.3, 0.4) is 0 Å². The lowest BCUT2D eigenvalue weighted by Crippen LogP contribution is -2.16. The van der Waals surface area contributed by atoms with Crippen LogP contribution in [0.4, 0.5) is 18.9 Å². The average Bonchev–Trinajstić information content (AvgIpc) is 3.24. The maximum atomic E-state index is 13.1. The van der Waals surface area contributed by atoms with Gasteiger partial charge in [0.05, 0.1) is 28.8 Å². The Hall–Kier alpha value is -3.65. The number of nitrogens with one attached hydrogen (secondary N) is 1. The summed E-state index contributed by atoms with van der Waals surface area (Å²) in [6, 6.07) is 18.3. The Kier molecular flexibility index (Phi) is 5.48. The molecule has 0 fully saturated rings. The normalized spacial score (nSPS) is 11.4. The molecule has 4 rings (SSSR count). The molecule has 4 aromatic rings. The van der Waals surface area contributed by atoms with Crippen molar-refractivity contribution in [3.8, 4) is 16.9 Å². The highest BCUT2D eigenvalue weighted by Gasteiger charge is 2.33. The number of anilines is 1. The SMILES string of the molecule is O=C(Nc1ccccc1C(F)(F)F)c1ccc(-n2nncc2-c2ccc(Cl)cc2)cc1. The van der Waals surface area contributed by atoms with Crippen LogP contribution in [-0.4, -0.2) is 20.9 Å². The number of aromatic nitrogens is 3. The number of rotatable bonds is 4. The summed E-state index contributed by atoms with van der Waals surface area (Å²) in [6.45, 7) is 0. The van der Waals surface area contributed by atoms with E-state index in [4.69, 9.17) is 11.6 Å². The maximum absolute atomic E-state index is 13.1. The molecule has 1 aromatic heterocycles. The fourth-order valence-electron chi connectivity index (χ4n) is 3.03. The van der Waals surface area contributed by atoms with Crippen molar-refractivity contribution in [3.05, 3.63) is 95.1 Å². The first-order valence-electron chi connectivity index (χ1n) is 9.07. The zero-order chi connectivity index (χ0) is 22.0. The van der Waals surface area contributed by atoms with Gasteiger partial charge in [0.1, 0.15) is 0 Å². The zero-order valence-electron chi connectivity index (χ0n) is 15.8. The van der Waals surface area contributed by atoms with E-state index < -0.39 is 17.6 Å². The van der Waals surface area contributed by atoms with E-state index in [9.17, 15) is 18.0 Å². The van der Waals surface area contributed by atoms with Crippen molar-refractivity contribution in [2.45, 2.75) is 6.18 Å². The number of hydrogen-bond acceptors (Lipinski definition) is 3. The lowest BCUT2D eigenvalue weighted by molar-refractivity contribution is -0.136. The van der Waals surface area contributed by atoms with Crippen LogP contribution < -0.4 is 5.32 Å². The summed E-state index contributed by atoms with van der Waals surface area (Å²) in [5.74, 6) is -0.653. The Morgan fingerprint density at radius 1 is 0.935 bits per heavy atom. The minimum atomic E-state index is -4.57. The maximum Gasteiger partial charge on any atom is 0.418 e. The molecule has 0 unspecified atom stereocenters. The van der Waals surface area contributed by atoms with Crippen LogP contribution in [0.5, 0.6) is 0 Å². The standard InChI is InChI=1S/C22H14ClF3N4O/c23-16-9-5-14(6-10-16)20-13-27-29-30(20)17-11-7-15(8-12-17)21(31)28-19-4-2-1-3-18(19)22(24,25)26/h1-13H,(H,28,31). The molecule has 0 bridgehead atoms. The molecule has 0 spiro atoms. The Bertz CT molecular complexity index is 1220. The van der Waals surface area contributed by atoms with Gasteiger partial charge >= 0.3 is 6.18 Å². The Balaban J connectivity index is 1.57. The largest absolute Gasteiger partial charge is 0.418 e. The lowest BCUT2D eigenvalue weighted by atomic mass is 10.1. The van der Waals surface area contributed by atoms with E-state index >= 15 is 0 Å². The third-order valence-electron chi connectivity index (χ3n) is 4.54. The van der Waals surface area contributed by atoms with E-state index in [1.807, 2.05) is 12.1 Å². The van der Waals surface area contributed by atoms with Gasteiger partial charge < -0.3 is 5.32 Å². The van der Waals surface area contributed by atoms with Crippen molar-refractivity contribution in [1.29, 1.82) is 0 Å². The fraction of sp³-hybridized carbons (Fsp3) is 0.0455. The van der Waals surface area contributed by atoms with Gasteiger partial charge in [-0.1, -0.05) is 41.1 Å². The summed E-state index contributed by atoms with van der Waals surface area (Å²) in [5, 5.41) is 10.9. The van der Waals surface area contributed by atoms with Gasteiger partial charge in [0.25, 0.3) is 5.91 Å². The van der Waals surface area contributed by atoms with E-state index in [1.165, 1.54) is 30.3 Å². The number of hydrogen-bond donors (Lipinski definition) is 1. The van der Waals surface area contributed by atoms with E-state index in [2.05, 4.69) is 15.6 Å². The highest BCUT2D eigenvalue weighted by atomic mass is 35.5. The summed E-state index contributed by atoms with van der Waals surface area (Å²) in [6.07, 6.45) is -2.98. The lowest BCUT2D eigenvalue weighted by Gasteiger charge is -2.13. The second kappa shape index (κ2) is 8.23. The Morgan fingerprint density at radius 3 is 2.29 bits per heavy atom. The van der Waals surface area contributed by atoms with Crippen LogP contribution in [0.1, 0.15) is 15.9 Å². The molecular formula is C22H14ClF3N4O. The van der Waals surface area contributed by atoms with E-state index in [0.717, 1.165) is 11.6 Å². The predicted octanol–water partition coefficient (Wildman–Crippen LogP) is 5.86. The number of para-hydroxylation sites is 1. The van der Waals surface area contributed by atoms with Gasteiger partial charge in [-0.25, -0.2) is 4.68 Å². The molecule has 0 aliphatic carbocycles. The van der Waals surface area contributed by atoms with Crippen molar-refractivity contribution in [3.63, 3.8) is 0 Å². The number of carbonyl (C=O) groups is 1. The number of amides is 1. The first-order valence-corrected chi connectivity index (χ1v) is 9.45. The highest BCUT2D eigenvalue weighted by Crippen LogP contribution is 2.34. The van der Waals surface area contributed by atoms with Crippen LogP contribution in [0.2, 0.25) is 5.02 Å². The van der Waals surface area contributed by atoms with Crippen molar-refractivity contribution in [2.75, 3.05) is 5.32 Å². The van der Waals surface area contributed by atoms with Crippen LogP contribution in [-0.2, 0) is 6.18 Å². The number of halogens is 4. The molecular weight excluding hydrogens is 429 g/mol. The molecule has 1 N–H and O–H groups in total. The highest BCUT2D eigenvalue weighted by molar-refractivity contribution is 6.30. The monoisotopic (exact) mass is 442 g/mol. The third-order valence-corrected chi connectivity index (χ3v) is 4.80. The minimum Gasteiger partial charge on any atom is -0.321 e. The zero-order valence-corrected chi connectivity index (χ0v) is 16.5. The molecule has 0 saturated heterocycles. The van der Waals surface area contributed by atoms with Gasteiger partial charge in [-0.2, -0.15) is 13.2 Å². The summed E-state index contributed by atoms with van der Waals surface area (Å²) in [5.41, 5.74) is 1.19. The molecule has 1 heterocycles. The summed E-state index contributed by atoms with van der Waals surface area (Å²) < 4.78 is 41.0. The van der Waals surface area contributed by atoms with Gasteiger partial charge in [0.15, 0.2) is 0 Å². The number of carbonyl (C=O) groups excluding carboxylic acids is 1. The molecule has 31 heavy (non-hydrogen) atoms. The number of nitrogens with zero attached hydrogens (tertiary/aromatic N) is 3. The molecule has 0 aliphatic rings. The Morgan fingerprint density at radius 2 is 1.61 bits per heavy atom. The van der Waals surface area contributed by atoms with E-state index in [-0.39, 0.29) is 11.3 Å². The predicted molar refractivity (Wildman–Crippen MR) is 111 cm³/mol. The second-order valence-electron chi connectivity index (χ2n) is 6.58. The van der Waals surface area contributed by atoms with Crippen molar-refractivity contribution in [1.82, 2.24) is 15.0 Å². The molecule has 5 nitrogen and oxygen atoms in total. The number of alkyl halides is 3. The first-order chi connectivity index (χ1) is 14.8. The van der Waals surface area contributed by atoms with Crippen LogP contribution in [0, 0.1) is 0 Å². The van der Waals surface area contributed by atoms with E-state index in [1.54, 1.807) is 35.1 Å². The molecule has 1 amide bonds. The molecule has 0 saturated carbocycles. The van der Waals surface area contributed by atoms with E-state index in [0.29, 0.717) is 16.4 Å². The smallest absolute Gasteiger partial charge is 0.321 e. The van der Waals surface area contributed by atoms with Crippen LogP contribution in [0.25, 0.3) is 16.9 Å². The van der Waals surface area contributed by atoms with Gasteiger partial charge in [0.2, 0.25) is 0 Å². The first kappa shape index (κ1) is 20.6. The topological polar surface area (TPSA) is 59.8 Å². The Labute approximate surface area is 180 Å². The minimum absolute atomic E-state index is 0.203. The third kappa shape index (κ3) is 4.44. The molecule has 9 heteroatoms. The number of benzene rings is 3. The van der Waals surface area contributed by atoms with Gasteiger partial charge in [-0.05, 0) is 48.5 Å². The molecule has 0 aliphatic heterocycles. The molecule has 0 radical (unpaired) electrons. The van der Waals surface area contributed by atoms with Gasteiger partial charge in [-0.15, -0.1) is 5.10 Å².